The highest BCUT2D eigenvalue weighted by Crippen LogP contribution is 2.34. The number of piperidine rings is 1. The number of hydrogen-bond donors (Lipinski definition) is 1. The molecule has 6 heteroatoms. The zero-order valence-electron chi connectivity index (χ0n) is 14.5. The lowest BCUT2D eigenvalue weighted by Crippen LogP contribution is -2.39. The van der Waals surface area contributed by atoms with E-state index in [1.807, 2.05) is 4.90 Å². The largest absolute Gasteiger partial charge is 0.338 e. The minimum Gasteiger partial charge on any atom is -0.338 e. The molecule has 0 unspecified atom stereocenters. The van der Waals surface area contributed by atoms with E-state index in [1.54, 1.807) is 12.3 Å². The van der Waals surface area contributed by atoms with Crippen molar-refractivity contribution in [3.63, 3.8) is 0 Å². The molecule has 0 spiro atoms. The van der Waals surface area contributed by atoms with Crippen molar-refractivity contribution in [3.05, 3.63) is 53.4 Å². The van der Waals surface area contributed by atoms with E-state index in [2.05, 4.69) is 16.3 Å². The molecule has 1 atom stereocenters. The number of rotatable bonds is 3. The van der Waals surface area contributed by atoms with Crippen LogP contribution in [-0.4, -0.2) is 34.1 Å². The number of nitrogens with zero attached hydrogens (tertiary/aromatic N) is 2. The Morgan fingerprint density at radius 3 is 2.88 bits per heavy atom. The third kappa shape index (κ3) is 3.16. The van der Waals surface area contributed by atoms with Crippen LogP contribution in [0.25, 0.3) is 11.1 Å². The molecule has 1 aromatic carbocycles. The van der Waals surface area contributed by atoms with E-state index in [0.29, 0.717) is 12.1 Å². The SMILES string of the molecule is O=C(C1=CCCC1)N1CCC[C@@H](c2[nH]ncc2-c2ccc(F)c(F)c2)C1. The number of aromatic amines is 1. The number of halogens is 2. The van der Waals surface area contributed by atoms with Gasteiger partial charge in [-0.25, -0.2) is 8.78 Å². The maximum Gasteiger partial charge on any atom is 0.249 e. The molecular formula is C20H21F2N3O. The smallest absolute Gasteiger partial charge is 0.249 e. The van der Waals surface area contributed by atoms with E-state index >= 15 is 0 Å². The Bertz CT molecular complexity index is 858. The maximum absolute atomic E-state index is 13.6. The fraction of sp³-hybridized carbons (Fsp3) is 0.400. The molecule has 1 aliphatic carbocycles. The molecule has 1 saturated heterocycles. The second-order valence-corrected chi connectivity index (χ2v) is 7.04. The molecule has 1 aliphatic heterocycles. The van der Waals surface area contributed by atoms with E-state index in [4.69, 9.17) is 0 Å². The third-order valence-electron chi connectivity index (χ3n) is 5.33. The minimum absolute atomic E-state index is 0.111. The second-order valence-electron chi connectivity index (χ2n) is 7.04. The first-order valence-electron chi connectivity index (χ1n) is 9.10. The number of carbonyl (C=O) groups excluding carboxylic acids is 1. The van der Waals surface area contributed by atoms with Crippen LogP contribution in [-0.2, 0) is 4.79 Å². The molecule has 4 rings (SSSR count). The van der Waals surface area contributed by atoms with Crippen LogP contribution in [0.4, 0.5) is 8.78 Å². The van der Waals surface area contributed by atoms with Crippen LogP contribution < -0.4 is 0 Å². The summed E-state index contributed by atoms with van der Waals surface area (Å²) in [4.78, 5) is 14.6. The molecule has 1 N–H and O–H groups in total. The number of amides is 1. The summed E-state index contributed by atoms with van der Waals surface area (Å²) in [6, 6.07) is 3.88. The summed E-state index contributed by atoms with van der Waals surface area (Å²) in [6.45, 7) is 1.39. The maximum atomic E-state index is 13.6. The highest BCUT2D eigenvalue weighted by atomic mass is 19.2. The molecule has 0 radical (unpaired) electrons. The van der Waals surface area contributed by atoms with Gasteiger partial charge in [-0.3, -0.25) is 9.89 Å². The zero-order chi connectivity index (χ0) is 18.1. The van der Waals surface area contributed by atoms with Gasteiger partial charge < -0.3 is 4.90 Å². The van der Waals surface area contributed by atoms with Gasteiger partial charge in [0.05, 0.1) is 6.20 Å². The van der Waals surface area contributed by atoms with Gasteiger partial charge in [0, 0.05) is 35.8 Å². The molecule has 1 amide bonds. The number of benzene rings is 1. The lowest BCUT2D eigenvalue weighted by molar-refractivity contribution is -0.128. The highest BCUT2D eigenvalue weighted by Gasteiger charge is 2.29. The first-order valence-corrected chi connectivity index (χ1v) is 9.10. The van der Waals surface area contributed by atoms with Gasteiger partial charge in [0.1, 0.15) is 0 Å². The molecule has 4 nitrogen and oxygen atoms in total. The standard InChI is InChI=1S/C20H21F2N3O/c21-17-8-7-14(10-18(17)22)16-11-23-24-19(16)15-6-3-9-25(12-15)20(26)13-4-1-2-5-13/h4,7-8,10-11,15H,1-3,5-6,9,12H2,(H,23,24)/t15-/m1/s1. The van der Waals surface area contributed by atoms with Gasteiger partial charge in [-0.2, -0.15) is 5.10 Å². The van der Waals surface area contributed by atoms with E-state index in [1.165, 1.54) is 6.07 Å². The van der Waals surface area contributed by atoms with Gasteiger partial charge in [0.25, 0.3) is 0 Å². The molecule has 2 aliphatic rings. The molecule has 136 valence electrons. The Morgan fingerprint density at radius 2 is 2.12 bits per heavy atom. The monoisotopic (exact) mass is 357 g/mol. The average Bonchev–Trinajstić information content (AvgIpc) is 3.35. The molecule has 2 heterocycles. The van der Waals surface area contributed by atoms with Gasteiger partial charge in [-0.15, -0.1) is 0 Å². The van der Waals surface area contributed by atoms with Crippen LogP contribution in [0.15, 0.2) is 36.0 Å². The fourth-order valence-corrected chi connectivity index (χ4v) is 3.97. The molecule has 2 aromatic rings. The first kappa shape index (κ1) is 16.9. The quantitative estimate of drug-likeness (QED) is 0.896. The number of aromatic nitrogens is 2. The van der Waals surface area contributed by atoms with Crippen molar-refractivity contribution >= 4 is 5.91 Å². The van der Waals surface area contributed by atoms with Crippen molar-refractivity contribution in [3.8, 4) is 11.1 Å². The van der Waals surface area contributed by atoms with Crippen molar-refractivity contribution in [1.82, 2.24) is 15.1 Å². The zero-order valence-corrected chi connectivity index (χ0v) is 14.5. The van der Waals surface area contributed by atoms with Gasteiger partial charge in [-0.1, -0.05) is 12.1 Å². The van der Waals surface area contributed by atoms with Gasteiger partial charge in [-0.05, 0) is 49.8 Å². The number of nitrogens with one attached hydrogen (secondary N) is 1. The summed E-state index contributed by atoms with van der Waals surface area (Å²) >= 11 is 0. The number of allylic oxidation sites excluding steroid dienone is 1. The topological polar surface area (TPSA) is 49.0 Å². The van der Waals surface area contributed by atoms with Crippen LogP contribution in [0.5, 0.6) is 0 Å². The Hall–Kier alpha value is -2.50. The van der Waals surface area contributed by atoms with E-state index in [0.717, 1.165) is 61.5 Å². The van der Waals surface area contributed by atoms with Crippen molar-refractivity contribution in [1.29, 1.82) is 0 Å². The lowest BCUT2D eigenvalue weighted by atomic mass is 9.90. The van der Waals surface area contributed by atoms with Gasteiger partial charge >= 0.3 is 0 Å². The third-order valence-corrected chi connectivity index (χ3v) is 5.33. The van der Waals surface area contributed by atoms with Crippen LogP contribution in [0.2, 0.25) is 0 Å². The summed E-state index contributed by atoms with van der Waals surface area (Å²) in [7, 11) is 0. The number of hydrogen-bond acceptors (Lipinski definition) is 2. The van der Waals surface area contributed by atoms with Crippen molar-refractivity contribution in [2.75, 3.05) is 13.1 Å². The molecule has 0 saturated carbocycles. The summed E-state index contributed by atoms with van der Waals surface area (Å²) < 4.78 is 26.9. The van der Waals surface area contributed by atoms with Gasteiger partial charge in [0.15, 0.2) is 11.6 Å². The van der Waals surface area contributed by atoms with Crippen molar-refractivity contribution in [2.24, 2.45) is 0 Å². The molecular weight excluding hydrogens is 336 g/mol. The molecule has 26 heavy (non-hydrogen) atoms. The predicted molar refractivity (Wildman–Crippen MR) is 94.4 cm³/mol. The van der Waals surface area contributed by atoms with E-state index in [9.17, 15) is 13.6 Å². The highest BCUT2D eigenvalue weighted by molar-refractivity contribution is 5.94. The average molecular weight is 357 g/mol. The van der Waals surface area contributed by atoms with Crippen LogP contribution in [0.1, 0.15) is 43.7 Å². The molecule has 0 bridgehead atoms. The number of likely N-dealkylation sites (tertiary alicyclic amines) is 1. The summed E-state index contributed by atoms with van der Waals surface area (Å²) in [5, 5.41) is 7.14. The normalized spacial score (nSPS) is 20.3. The summed E-state index contributed by atoms with van der Waals surface area (Å²) in [6.07, 6.45) is 8.45. The predicted octanol–water partition coefficient (Wildman–Crippen LogP) is 4.17. The number of carbonyl (C=O) groups is 1. The summed E-state index contributed by atoms with van der Waals surface area (Å²) in [5.74, 6) is -1.48. The second kappa shape index (κ2) is 7.02. The first-order chi connectivity index (χ1) is 12.6. The number of H-pyrrole nitrogens is 1. The fourth-order valence-electron chi connectivity index (χ4n) is 3.97. The Morgan fingerprint density at radius 1 is 1.23 bits per heavy atom. The van der Waals surface area contributed by atoms with Crippen LogP contribution >= 0.6 is 0 Å². The Balaban J connectivity index is 1.57. The lowest BCUT2D eigenvalue weighted by Gasteiger charge is -2.33. The minimum atomic E-state index is -0.872. The Kier molecular flexibility index (Phi) is 4.57. The van der Waals surface area contributed by atoms with E-state index in [-0.39, 0.29) is 11.8 Å². The van der Waals surface area contributed by atoms with Crippen molar-refractivity contribution < 1.29 is 13.6 Å². The van der Waals surface area contributed by atoms with Crippen molar-refractivity contribution in [2.45, 2.75) is 38.0 Å². The van der Waals surface area contributed by atoms with Crippen LogP contribution in [0, 0.1) is 11.6 Å². The van der Waals surface area contributed by atoms with E-state index < -0.39 is 11.6 Å². The summed E-state index contributed by atoms with van der Waals surface area (Å²) in [5.41, 5.74) is 3.17. The van der Waals surface area contributed by atoms with Crippen LogP contribution in [0.3, 0.4) is 0 Å². The molecule has 1 fully saturated rings. The van der Waals surface area contributed by atoms with Gasteiger partial charge in [0.2, 0.25) is 5.91 Å². The molecule has 1 aromatic heterocycles. The Labute approximate surface area is 150 Å².